The second kappa shape index (κ2) is 7.16. The topological polar surface area (TPSA) is 85.6 Å². The van der Waals surface area contributed by atoms with E-state index in [-0.39, 0.29) is 17.8 Å². The fraction of sp³-hybridized carbons (Fsp3) is 0.600. The molecule has 1 aromatic rings. The SMILES string of the molecule is CC(C)(C)OC(=O)N1CCC[C@H]1CSc1ncccc1[N+](=O)[O-]. The number of amides is 1. The molecular weight excluding hydrogens is 318 g/mol. The molecule has 23 heavy (non-hydrogen) atoms. The summed E-state index contributed by atoms with van der Waals surface area (Å²) in [6, 6.07) is 3.00. The van der Waals surface area contributed by atoms with E-state index in [1.165, 1.54) is 24.0 Å². The third-order valence-electron chi connectivity index (χ3n) is 3.37. The first-order chi connectivity index (χ1) is 10.8. The number of aromatic nitrogens is 1. The molecule has 0 aromatic carbocycles. The number of likely N-dealkylation sites (tertiary alicyclic amines) is 1. The molecule has 0 aliphatic carbocycles. The van der Waals surface area contributed by atoms with Gasteiger partial charge in [0.15, 0.2) is 5.03 Å². The van der Waals surface area contributed by atoms with Gasteiger partial charge in [-0.2, -0.15) is 0 Å². The van der Waals surface area contributed by atoms with E-state index in [0.29, 0.717) is 17.3 Å². The van der Waals surface area contributed by atoms with Gasteiger partial charge in [0, 0.05) is 30.6 Å². The van der Waals surface area contributed by atoms with Crippen molar-refractivity contribution < 1.29 is 14.5 Å². The molecule has 1 atom stereocenters. The van der Waals surface area contributed by atoms with Crippen LogP contribution >= 0.6 is 11.8 Å². The molecule has 8 heteroatoms. The Kier molecular flexibility index (Phi) is 5.46. The Bertz CT molecular complexity index is 588. The summed E-state index contributed by atoms with van der Waals surface area (Å²) in [6.07, 6.45) is 2.99. The summed E-state index contributed by atoms with van der Waals surface area (Å²) in [5.41, 5.74) is -0.531. The van der Waals surface area contributed by atoms with Gasteiger partial charge in [0.25, 0.3) is 0 Å². The van der Waals surface area contributed by atoms with Crippen LogP contribution < -0.4 is 0 Å². The number of hydrogen-bond acceptors (Lipinski definition) is 6. The highest BCUT2D eigenvalue weighted by Gasteiger charge is 2.32. The standard InChI is InChI=1S/C15H21N3O4S/c1-15(2,3)22-14(19)17-9-5-6-11(17)10-23-13-12(18(20)21)7-4-8-16-13/h4,7-8,11H,5-6,9-10H2,1-3H3/t11-/m0/s1. The molecule has 0 N–H and O–H groups in total. The average molecular weight is 339 g/mol. The minimum atomic E-state index is -0.531. The van der Waals surface area contributed by atoms with Crippen LogP contribution in [-0.4, -0.2) is 44.8 Å². The molecule has 0 unspecified atom stereocenters. The smallest absolute Gasteiger partial charge is 0.410 e. The quantitative estimate of drug-likeness (QED) is 0.474. The molecule has 0 spiro atoms. The number of ether oxygens (including phenoxy) is 1. The van der Waals surface area contributed by atoms with Crippen molar-refractivity contribution in [1.82, 2.24) is 9.88 Å². The molecule has 1 aliphatic rings. The molecule has 1 aromatic heterocycles. The Morgan fingerprint density at radius 3 is 2.96 bits per heavy atom. The third kappa shape index (κ3) is 4.82. The first kappa shape index (κ1) is 17.5. The maximum Gasteiger partial charge on any atom is 0.410 e. The zero-order valence-corrected chi connectivity index (χ0v) is 14.3. The maximum absolute atomic E-state index is 12.2. The zero-order chi connectivity index (χ0) is 17.0. The molecular formula is C15H21N3O4S. The van der Waals surface area contributed by atoms with Crippen LogP contribution in [0.25, 0.3) is 0 Å². The number of rotatable bonds is 4. The highest BCUT2D eigenvalue weighted by Crippen LogP contribution is 2.30. The van der Waals surface area contributed by atoms with E-state index in [1.807, 2.05) is 20.8 Å². The van der Waals surface area contributed by atoms with Gasteiger partial charge in [-0.05, 0) is 39.7 Å². The van der Waals surface area contributed by atoms with Crippen LogP contribution in [0.1, 0.15) is 33.6 Å². The number of carbonyl (C=O) groups is 1. The first-order valence-electron chi connectivity index (χ1n) is 7.50. The lowest BCUT2D eigenvalue weighted by Crippen LogP contribution is -2.40. The molecule has 126 valence electrons. The number of nitro groups is 1. The summed E-state index contributed by atoms with van der Waals surface area (Å²) in [5, 5.41) is 11.4. The van der Waals surface area contributed by atoms with Gasteiger partial charge >= 0.3 is 11.8 Å². The summed E-state index contributed by atoms with van der Waals surface area (Å²) in [4.78, 5) is 28.6. The lowest BCUT2D eigenvalue weighted by Gasteiger charge is -2.28. The summed E-state index contributed by atoms with van der Waals surface area (Å²) >= 11 is 1.31. The lowest BCUT2D eigenvalue weighted by molar-refractivity contribution is -0.388. The molecule has 1 saturated heterocycles. The maximum atomic E-state index is 12.2. The normalized spacial score (nSPS) is 18.0. The Morgan fingerprint density at radius 1 is 1.57 bits per heavy atom. The van der Waals surface area contributed by atoms with Crippen molar-refractivity contribution in [3.05, 3.63) is 28.4 Å². The van der Waals surface area contributed by atoms with Crippen LogP contribution in [0, 0.1) is 10.1 Å². The van der Waals surface area contributed by atoms with Crippen molar-refractivity contribution in [2.75, 3.05) is 12.3 Å². The number of carbonyl (C=O) groups excluding carboxylic acids is 1. The average Bonchev–Trinajstić information content (AvgIpc) is 2.92. The van der Waals surface area contributed by atoms with Gasteiger partial charge in [0.05, 0.1) is 4.92 Å². The van der Waals surface area contributed by atoms with Gasteiger partial charge in [0.1, 0.15) is 5.60 Å². The van der Waals surface area contributed by atoms with Crippen molar-refractivity contribution in [3.63, 3.8) is 0 Å². The largest absolute Gasteiger partial charge is 0.444 e. The highest BCUT2D eigenvalue weighted by atomic mass is 32.2. The minimum absolute atomic E-state index is 0.000634. The van der Waals surface area contributed by atoms with Gasteiger partial charge < -0.3 is 9.64 Å². The lowest BCUT2D eigenvalue weighted by atomic mass is 10.2. The zero-order valence-electron chi connectivity index (χ0n) is 13.5. The molecule has 2 heterocycles. The van der Waals surface area contributed by atoms with Crippen molar-refractivity contribution in [2.45, 2.75) is 50.3 Å². The molecule has 0 bridgehead atoms. The monoisotopic (exact) mass is 339 g/mol. The predicted molar refractivity (Wildman–Crippen MR) is 87.6 cm³/mol. The van der Waals surface area contributed by atoms with Crippen LogP contribution in [-0.2, 0) is 4.74 Å². The first-order valence-corrected chi connectivity index (χ1v) is 8.48. The fourth-order valence-corrected chi connectivity index (χ4v) is 3.50. The Labute approximate surface area is 139 Å². The Balaban J connectivity index is 2.00. The van der Waals surface area contributed by atoms with Crippen LogP contribution in [0.4, 0.5) is 10.5 Å². The second-order valence-electron chi connectivity index (χ2n) is 6.37. The molecule has 0 radical (unpaired) electrons. The van der Waals surface area contributed by atoms with E-state index < -0.39 is 10.5 Å². The molecule has 1 aliphatic heterocycles. The Morgan fingerprint density at radius 2 is 2.30 bits per heavy atom. The highest BCUT2D eigenvalue weighted by molar-refractivity contribution is 7.99. The van der Waals surface area contributed by atoms with Crippen molar-refractivity contribution in [1.29, 1.82) is 0 Å². The number of nitrogens with zero attached hydrogens (tertiary/aromatic N) is 3. The van der Waals surface area contributed by atoms with Gasteiger partial charge in [-0.15, -0.1) is 0 Å². The van der Waals surface area contributed by atoms with E-state index in [2.05, 4.69) is 4.98 Å². The van der Waals surface area contributed by atoms with Crippen LogP contribution in [0.5, 0.6) is 0 Å². The van der Waals surface area contributed by atoms with Crippen molar-refractivity contribution in [3.8, 4) is 0 Å². The summed E-state index contributed by atoms with van der Waals surface area (Å²) < 4.78 is 5.42. The van der Waals surface area contributed by atoms with Crippen molar-refractivity contribution in [2.24, 2.45) is 0 Å². The number of hydrogen-bond donors (Lipinski definition) is 0. The van der Waals surface area contributed by atoms with Gasteiger partial charge in [-0.3, -0.25) is 10.1 Å². The van der Waals surface area contributed by atoms with E-state index in [0.717, 1.165) is 12.8 Å². The number of thioether (sulfide) groups is 1. The van der Waals surface area contributed by atoms with Crippen LogP contribution in [0.3, 0.4) is 0 Å². The number of pyridine rings is 1. The van der Waals surface area contributed by atoms with E-state index in [1.54, 1.807) is 11.0 Å². The minimum Gasteiger partial charge on any atom is -0.444 e. The van der Waals surface area contributed by atoms with Crippen molar-refractivity contribution >= 4 is 23.5 Å². The van der Waals surface area contributed by atoms with Crippen LogP contribution in [0.2, 0.25) is 0 Å². The molecule has 0 saturated carbocycles. The second-order valence-corrected chi connectivity index (χ2v) is 7.37. The summed E-state index contributed by atoms with van der Waals surface area (Å²) in [7, 11) is 0. The fourth-order valence-electron chi connectivity index (χ4n) is 2.38. The molecule has 7 nitrogen and oxygen atoms in total. The van der Waals surface area contributed by atoms with E-state index in [4.69, 9.17) is 4.74 Å². The summed E-state index contributed by atoms with van der Waals surface area (Å²) in [5.74, 6) is 0.567. The predicted octanol–water partition coefficient (Wildman–Crippen LogP) is 3.48. The Hall–Kier alpha value is -1.83. The molecule has 1 amide bonds. The van der Waals surface area contributed by atoms with Gasteiger partial charge in [0.2, 0.25) is 0 Å². The van der Waals surface area contributed by atoms with Gasteiger partial charge in [-0.25, -0.2) is 9.78 Å². The van der Waals surface area contributed by atoms with E-state index in [9.17, 15) is 14.9 Å². The third-order valence-corrected chi connectivity index (χ3v) is 4.50. The molecule has 1 fully saturated rings. The molecule has 2 rings (SSSR count). The van der Waals surface area contributed by atoms with Gasteiger partial charge in [-0.1, -0.05) is 11.8 Å². The summed E-state index contributed by atoms with van der Waals surface area (Å²) in [6.45, 7) is 6.16. The van der Waals surface area contributed by atoms with Crippen LogP contribution in [0.15, 0.2) is 23.4 Å². The van der Waals surface area contributed by atoms with E-state index >= 15 is 0 Å².